The fourth-order valence-electron chi connectivity index (χ4n) is 2.15. The third-order valence-corrected chi connectivity index (χ3v) is 2.87. The van der Waals surface area contributed by atoms with E-state index in [0.29, 0.717) is 12.0 Å². The van der Waals surface area contributed by atoms with E-state index in [9.17, 15) is 4.39 Å². The lowest BCUT2D eigenvalue weighted by Crippen LogP contribution is -2.33. The van der Waals surface area contributed by atoms with Gasteiger partial charge in [0.1, 0.15) is 5.82 Å². The predicted octanol–water partition coefficient (Wildman–Crippen LogP) is 2.67. The fraction of sp³-hybridized carbons (Fsp3) is 0.500. The van der Waals surface area contributed by atoms with Crippen LogP contribution < -0.4 is 5.32 Å². The van der Waals surface area contributed by atoms with Gasteiger partial charge in [-0.25, -0.2) is 4.39 Å². The largest absolute Gasteiger partial charge is 0.309 e. The zero-order valence-corrected chi connectivity index (χ0v) is 8.68. The van der Waals surface area contributed by atoms with Crippen molar-refractivity contribution < 1.29 is 4.39 Å². The quantitative estimate of drug-likeness (QED) is 0.723. The van der Waals surface area contributed by atoms with E-state index in [1.807, 2.05) is 6.07 Å². The van der Waals surface area contributed by atoms with E-state index in [4.69, 9.17) is 0 Å². The summed E-state index contributed by atoms with van der Waals surface area (Å²) in [6, 6.07) is 5.46. The zero-order chi connectivity index (χ0) is 10.1. The van der Waals surface area contributed by atoms with Gasteiger partial charge in [-0.15, -0.1) is 0 Å². The van der Waals surface area contributed by atoms with Crippen molar-refractivity contribution in [2.45, 2.75) is 26.3 Å². The van der Waals surface area contributed by atoms with Gasteiger partial charge in [-0.05, 0) is 42.1 Å². The highest BCUT2D eigenvalue weighted by molar-refractivity contribution is 5.33. The molecule has 1 nitrogen and oxygen atoms in total. The number of fused-ring (bicyclic) bond motifs is 1. The third kappa shape index (κ3) is 1.67. The van der Waals surface area contributed by atoms with E-state index in [-0.39, 0.29) is 5.82 Å². The molecule has 0 spiro atoms. The van der Waals surface area contributed by atoms with Crippen LogP contribution in [0.4, 0.5) is 4.39 Å². The van der Waals surface area contributed by atoms with Gasteiger partial charge in [-0.3, -0.25) is 0 Å². The van der Waals surface area contributed by atoms with Gasteiger partial charge in [0.25, 0.3) is 0 Å². The lowest BCUT2D eigenvalue weighted by atomic mass is 9.88. The summed E-state index contributed by atoms with van der Waals surface area (Å²) in [5.74, 6) is 0.383. The van der Waals surface area contributed by atoms with Gasteiger partial charge in [0.05, 0.1) is 0 Å². The Morgan fingerprint density at radius 2 is 2.21 bits per heavy atom. The van der Waals surface area contributed by atoms with E-state index in [2.05, 4.69) is 19.2 Å². The van der Waals surface area contributed by atoms with Crippen molar-refractivity contribution in [3.8, 4) is 0 Å². The highest BCUT2D eigenvalue weighted by Crippen LogP contribution is 2.28. The molecule has 0 unspecified atom stereocenters. The van der Waals surface area contributed by atoms with Gasteiger partial charge < -0.3 is 5.32 Å². The summed E-state index contributed by atoms with van der Waals surface area (Å²) >= 11 is 0. The second kappa shape index (κ2) is 3.70. The highest BCUT2D eigenvalue weighted by Gasteiger charge is 2.22. The summed E-state index contributed by atoms with van der Waals surface area (Å²) in [6.45, 7) is 5.33. The second-order valence-electron chi connectivity index (χ2n) is 4.27. The Hall–Kier alpha value is -0.890. The van der Waals surface area contributed by atoms with Crippen LogP contribution in [0.15, 0.2) is 18.2 Å². The molecule has 1 atom stereocenters. The van der Waals surface area contributed by atoms with Crippen LogP contribution in [0, 0.1) is 11.7 Å². The maximum absolute atomic E-state index is 13.1. The molecule has 1 N–H and O–H groups in total. The van der Waals surface area contributed by atoms with Crippen molar-refractivity contribution in [1.82, 2.24) is 5.32 Å². The monoisotopic (exact) mass is 193 g/mol. The first-order chi connectivity index (χ1) is 6.68. The Labute approximate surface area is 84.3 Å². The van der Waals surface area contributed by atoms with Gasteiger partial charge >= 0.3 is 0 Å². The maximum Gasteiger partial charge on any atom is 0.123 e. The molecule has 0 bridgehead atoms. The van der Waals surface area contributed by atoms with Crippen LogP contribution in [0.5, 0.6) is 0 Å². The van der Waals surface area contributed by atoms with Crippen LogP contribution in [0.1, 0.15) is 31.0 Å². The summed E-state index contributed by atoms with van der Waals surface area (Å²) in [5.41, 5.74) is 2.44. The molecule has 0 fully saturated rings. The van der Waals surface area contributed by atoms with Crippen LogP contribution in [0.3, 0.4) is 0 Å². The van der Waals surface area contributed by atoms with Gasteiger partial charge in [0, 0.05) is 6.04 Å². The van der Waals surface area contributed by atoms with Crippen molar-refractivity contribution in [2.24, 2.45) is 5.92 Å². The first kappa shape index (κ1) is 9.66. The minimum Gasteiger partial charge on any atom is -0.309 e. The zero-order valence-electron chi connectivity index (χ0n) is 8.68. The van der Waals surface area contributed by atoms with E-state index >= 15 is 0 Å². The maximum atomic E-state index is 13.1. The van der Waals surface area contributed by atoms with Crippen molar-refractivity contribution in [3.63, 3.8) is 0 Å². The normalized spacial score (nSPS) is 21.0. The lowest BCUT2D eigenvalue weighted by molar-refractivity contribution is 0.393. The van der Waals surface area contributed by atoms with Crippen molar-refractivity contribution in [2.75, 3.05) is 6.54 Å². The molecule has 2 heteroatoms. The van der Waals surface area contributed by atoms with Crippen LogP contribution in [0.25, 0.3) is 0 Å². The summed E-state index contributed by atoms with van der Waals surface area (Å²) in [5, 5.41) is 3.44. The molecule has 1 aromatic rings. The minimum atomic E-state index is -0.127. The predicted molar refractivity (Wildman–Crippen MR) is 55.7 cm³/mol. The van der Waals surface area contributed by atoms with Crippen molar-refractivity contribution >= 4 is 0 Å². The molecule has 2 rings (SSSR count). The van der Waals surface area contributed by atoms with Crippen molar-refractivity contribution in [3.05, 3.63) is 35.1 Å². The van der Waals surface area contributed by atoms with Crippen LogP contribution in [0.2, 0.25) is 0 Å². The molecule has 1 aliphatic rings. The van der Waals surface area contributed by atoms with Gasteiger partial charge in [-0.2, -0.15) is 0 Å². The van der Waals surface area contributed by atoms with Crippen molar-refractivity contribution in [1.29, 1.82) is 0 Å². The number of rotatable bonds is 1. The molecule has 0 aromatic heterocycles. The number of hydrogen-bond acceptors (Lipinski definition) is 1. The summed E-state index contributed by atoms with van der Waals surface area (Å²) < 4.78 is 13.1. The van der Waals surface area contributed by atoms with Crippen LogP contribution >= 0.6 is 0 Å². The summed E-state index contributed by atoms with van der Waals surface area (Å²) in [4.78, 5) is 0. The Balaban J connectivity index is 2.41. The van der Waals surface area contributed by atoms with E-state index in [1.165, 1.54) is 5.56 Å². The Kier molecular flexibility index (Phi) is 2.55. The highest BCUT2D eigenvalue weighted by atomic mass is 19.1. The third-order valence-electron chi connectivity index (χ3n) is 2.87. The van der Waals surface area contributed by atoms with Gasteiger partial charge in [0.2, 0.25) is 0 Å². The smallest absolute Gasteiger partial charge is 0.123 e. The summed E-state index contributed by atoms with van der Waals surface area (Å²) in [7, 11) is 0. The fourth-order valence-corrected chi connectivity index (χ4v) is 2.15. The Bertz CT molecular complexity index is 333. The Morgan fingerprint density at radius 3 is 2.93 bits per heavy atom. The number of nitrogens with one attached hydrogen (secondary N) is 1. The molecule has 0 radical (unpaired) electrons. The summed E-state index contributed by atoms with van der Waals surface area (Å²) in [6.07, 6.45) is 1.01. The molecule has 0 amide bonds. The molecule has 0 saturated carbocycles. The molecular formula is C12H16FN. The number of halogens is 1. The molecule has 1 heterocycles. The topological polar surface area (TPSA) is 12.0 Å². The first-order valence-electron chi connectivity index (χ1n) is 5.20. The van der Waals surface area contributed by atoms with E-state index < -0.39 is 0 Å². The van der Waals surface area contributed by atoms with Gasteiger partial charge in [0.15, 0.2) is 0 Å². The number of benzene rings is 1. The molecule has 0 saturated heterocycles. The lowest BCUT2D eigenvalue weighted by Gasteiger charge is -2.29. The van der Waals surface area contributed by atoms with Crippen LogP contribution in [-0.2, 0) is 6.42 Å². The van der Waals surface area contributed by atoms with E-state index in [1.54, 1.807) is 12.1 Å². The van der Waals surface area contributed by atoms with E-state index in [0.717, 1.165) is 18.5 Å². The number of hydrogen-bond donors (Lipinski definition) is 1. The molecule has 14 heavy (non-hydrogen) atoms. The molecular weight excluding hydrogens is 177 g/mol. The molecule has 1 aliphatic heterocycles. The minimum absolute atomic E-state index is 0.127. The SMILES string of the molecule is CC(C)[C@@H]1NCCc2ccc(F)cc21. The van der Waals surface area contributed by atoms with Crippen LogP contribution in [-0.4, -0.2) is 6.54 Å². The molecule has 76 valence electrons. The second-order valence-corrected chi connectivity index (χ2v) is 4.27. The Morgan fingerprint density at radius 1 is 1.43 bits per heavy atom. The average molecular weight is 193 g/mol. The first-order valence-corrected chi connectivity index (χ1v) is 5.20. The average Bonchev–Trinajstić information content (AvgIpc) is 2.16. The molecule has 0 aliphatic carbocycles. The van der Waals surface area contributed by atoms with Gasteiger partial charge in [-0.1, -0.05) is 19.9 Å². The molecule has 1 aromatic carbocycles. The standard InChI is InChI=1S/C12H16FN/c1-8(2)12-11-7-10(13)4-3-9(11)5-6-14-12/h3-4,7-8,12,14H,5-6H2,1-2H3/t12-/m0/s1.